The lowest BCUT2D eigenvalue weighted by atomic mass is 9.64. The van der Waals surface area contributed by atoms with Gasteiger partial charge in [-0.05, 0) is 47.6 Å². The highest BCUT2D eigenvalue weighted by atomic mass is 15.0. The van der Waals surface area contributed by atoms with Gasteiger partial charge < -0.3 is 5.32 Å². The molecular weight excluding hydrogens is 338 g/mol. The summed E-state index contributed by atoms with van der Waals surface area (Å²) in [7, 11) is 0. The monoisotopic (exact) mass is 367 g/mol. The molecule has 1 heterocycles. The van der Waals surface area contributed by atoms with Crippen LogP contribution >= 0.6 is 0 Å². The largest absolute Gasteiger partial charge is 0.378 e. The number of rotatable bonds is 2. The van der Waals surface area contributed by atoms with Gasteiger partial charge >= 0.3 is 0 Å². The first kappa shape index (κ1) is 17.6. The van der Waals surface area contributed by atoms with E-state index in [-0.39, 0.29) is 5.41 Å². The van der Waals surface area contributed by atoms with Crippen molar-refractivity contribution < 1.29 is 0 Å². The summed E-state index contributed by atoms with van der Waals surface area (Å²) in [5, 5.41) is 3.81. The van der Waals surface area contributed by atoms with Gasteiger partial charge in [0.05, 0.1) is 6.04 Å². The smallest absolute Gasteiger partial charge is 0.0519 e. The maximum absolute atomic E-state index is 3.81. The first-order valence-corrected chi connectivity index (χ1v) is 10.6. The van der Waals surface area contributed by atoms with Gasteiger partial charge in [-0.1, -0.05) is 86.7 Å². The highest BCUT2D eigenvalue weighted by Crippen LogP contribution is 2.47. The van der Waals surface area contributed by atoms with Gasteiger partial charge in [-0.15, -0.1) is 0 Å². The lowest BCUT2D eigenvalue weighted by molar-refractivity contribution is 0.348. The summed E-state index contributed by atoms with van der Waals surface area (Å²) in [6.45, 7) is 4.84. The Morgan fingerprint density at radius 2 is 1.89 bits per heavy atom. The van der Waals surface area contributed by atoms with Crippen LogP contribution in [-0.4, -0.2) is 6.04 Å². The van der Waals surface area contributed by atoms with Crippen LogP contribution in [0.5, 0.6) is 0 Å². The highest BCUT2D eigenvalue weighted by Gasteiger charge is 2.41. The Morgan fingerprint density at radius 3 is 2.68 bits per heavy atom. The van der Waals surface area contributed by atoms with E-state index in [0.717, 1.165) is 12.8 Å². The van der Waals surface area contributed by atoms with Gasteiger partial charge in [0.25, 0.3) is 0 Å². The lowest BCUT2D eigenvalue weighted by Crippen LogP contribution is -2.45. The molecule has 3 atom stereocenters. The van der Waals surface area contributed by atoms with Crippen molar-refractivity contribution in [2.45, 2.75) is 50.5 Å². The molecule has 1 heteroatoms. The molecule has 3 unspecified atom stereocenters. The standard InChI is InChI=1S/C27H29N/c1-27(2)23-17-21(19-9-5-3-6-10-19)13-15-25(23)28-26-16-14-22(18-24(26)27)20-11-7-4-8-12-20/h3,5-7,9,11-19,24,26,28H,4,8,10H2,1-2H3. The van der Waals surface area contributed by atoms with Crippen LogP contribution in [0, 0.1) is 5.92 Å². The number of hydrogen-bond acceptors (Lipinski definition) is 1. The van der Waals surface area contributed by atoms with Crippen LogP contribution in [-0.2, 0) is 5.41 Å². The van der Waals surface area contributed by atoms with Crippen LogP contribution in [0.4, 0.5) is 5.69 Å². The molecule has 5 rings (SSSR count). The Labute approximate surface area is 168 Å². The third-order valence-corrected chi connectivity index (χ3v) is 6.86. The minimum Gasteiger partial charge on any atom is -0.378 e. The molecule has 0 bridgehead atoms. The number of hydrogen-bond donors (Lipinski definition) is 1. The van der Waals surface area contributed by atoms with Crippen molar-refractivity contribution in [2.75, 3.05) is 5.32 Å². The summed E-state index contributed by atoms with van der Waals surface area (Å²) >= 11 is 0. The molecule has 28 heavy (non-hydrogen) atoms. The van der Waals surface area contributed by atoms with Crippen LogP contribution in [0.3, 0.4) is 0 Å². The van der Waals surface area contributed by atoms with Crippen LogP contribution in [0.15, 0.2) is 90.1 Å². The van der Waals surface area contributed by atoms with E-state index < -0.39 is 0 Å². The molecule has 0 saturated heterocycles. The number of benzene rings is 1. The molecule has 0 spiro atoms. The minimum atomic E-state index is 0.0877. The van der Waals surface area contributed by atoms with Gasteiger partial charge in [0.15, 0.2) is 0 Å². The van der Waals surface area contributed by atoms with E-state index in [0.29, 0.717) is 17.9 Å². The maximum Gasteiger partial charge on any atom is 0.0519 e. The molecule has 0 saturated carbocycles. The van der Waals surface area contributed by atoms with Crippen molar-refractivity contribution in [3.8, 4) is 0 Å². The van der Waals surface area contributed by atoms with E-state index in [1.165, 1.54) is 34.4 Å². The normalized spacial score (nSPS) is 29.4. The van der Waals surface area contributed by atoms with E-state index in [4.69, 9.17) is 0 Å². The number of anilines is 1. The number of nitrogens with one attached hydrogen (secondary N) is 1. The predicted octanol–water partition coefficient (Wildman–Crippen LogP) is 6.75. The third-order valence-electron chi connectivity index (χ3n) is 6.86. The summed E-state index contributed by atoms with van der Waals surface area (Å²) in [6, 6.07) is 7.43. The highest BCUT2D eigenvalue weighted by molar-refractivity contribution is 5.63. The molecule has 3 aliphatic carbocycles. The average Bonchev–Trinajstić information content (AvgIpc) is 2.75. The molecule has 4 aliphatic rings. The molecule has 0 aromatic heterocycles. The molecule has 1 nitrogen and oxygen atoms in total. The SMILES string of the molecule is CC1(C)c2cc(C3C=CC=CC3)ccc2NC2C=CC(C3=CCCC=C3)=CC21. The molecule has 0 fully saturated rings. The van der Waals surface area contributed by atoms with Crippen molar-refractivity contribution >= 4 is 5.69 Å². The molecule has 1 aromatic rings. The fourth-order valence-electron chi connectivity index (χ4n) is 5.13. The lowest BCUT2D eigenvalue weighted by Gasteiger charge is -2.46. The Hall–Kier alpha value is -2.54. The second-order valence-electron chi connectivity index (χ2n) is 9.00. The van der Waals surface area contributed by atoms with Gasteiger partial charge in [-0.2, -0.15) is 0 Å². The molecule has 1 aliphatic heterocycles. The summed E-state index contributed by atoms with van der Waals surface area (Å²) in [4.78, 5) is 0. The van der Waals surface area contributed by atoms with Gasteiger partial charge in [-0.3, -0.25) is 0 Å². The molecule has 1 N–H and O–H groups in total. The quantitative estimate of drug-likeness (QED) is 0.610. The Kier molecular flexibility index (Phi) is 4.27. The first-order valence-electron chi connectivity index (χ1n) is 10.6. The topological polar surface area (TPSA) is 12.0 Å². The van der Waals surface area contributed by atoms with Gasteiger partial charge in [-0.25, -0.2) is 0 Å². The van der Waals surface area contributed by atoms with E-state index in [1.54, 1.807) is 0 Å². The predicted molar refractivity (Wildman–Crippen MR) is 120 cm³/mol. The molecule has 1 aromatic carbocycles. The Balaban J connectivity index is 1.52. The van der Waals surface area contributed by atoms with Crippen LogP contribution in [0.25, 0.3) is 0 Å². The van der Waals surface area contributed by atoms with Crippen molar-refractivity contribution in [1.82, 2.24) is 0 Å². The van der Waals surface area contributed by atoms with Gasteiger partial charge in [0.2, 0.25) is 0 Å². The first-order chi connectivity index (χ1) is 13.6. The van der Waals surface area contributed by atoms with Crippen LogP contribution in [0.1, 0.15) is 50.2 Å². The van der Waals surface area contributed by atoms with Crippen LogP contribution in [0.2, 0.25) is 0 Å². The zero-order valence-corrected chi connectivity index (χ0v) is 16.9. The summed E-state index contributed by atoms with van der Waals surface area (Å²) in [6.07, 6.45) is 26.5. The van der Waals surface area contributed by atoms with Crippen molar-refractivity contribution in [3.05, 3.63) is 101 Å². The molecular formula is C27H29N. The van der Waals surface area contributed by atoms with Gasteiger partial charge in [0, 0.05) is 22.9 Å². The molecule has 0 radical (unpaired) electrons. The number of fused-ring (bicyclic) bond motifs is 2. The fourth-order valence-corrected chi connectivity index (χ4v) is 5.13. The summed E-state index contributed by atoms with van der Waals surface area (Å²) in [5.74, 6) is 0.951. The Morgan fingerprint density at radius 1 is 0.964 bits per heavy atom. The van der Waals surface area contributed by atoms with E-state index in [9.17, 15) is 0 Å². The van der Waals surface area contributed by atoms with Crippen molar-refractivity contribution in [2.24, 2.45) is 5.92 Å². The summed E-state index contributed by atoms with van der Waals surface area (Å²) in [5.41, 5.74) is 7.03. The second-order valence-corrected chi connectivity index (χ2v) is 9.00. The maximum atomic E-state index is 3.81. The zero-order chi connectivity index (χ0) is 19.1. The third kappa shape index (κ3) is 2.94. The Bertz CT molecular complexity index is 964. The zero-order valence-electron chi connectivity index (χ0n) is 16.9. The van der Waals surface area contributed by atoms with Crippen LogP contribution < -0.4 is 5.32 Å². The average molecular weight is 368 g/mol. The molecule has 0 amide bonds. The van der Waals surface area contributed by atoms with Crippen molar-refractivity contribution in [3.63, 3.8) is 0 Å². The fraction of sp³-hybridized carbons (Fsp3) is 0.333. The number of allylic oxidation sites excluding steroid dienone is 10. The summed E-state index contributed by atoms with van der Waals surface area (Å²) < 4.78 is 0. The minimum absolute atomic E-state index is 0.0877. The van der Waals surface area contributed by atoms with E-state index >= 15 is 0 Å². The van der Waals surface area contributed by atoms with Gasteiger partial charge in [0.1, 0.15) is 0 Å². The van der Waals surface area contributed by atoms with E-state index in [2.05, 4.69) is 98.1 Å². The second kappa shape index (κ2) is 6.81. The van der Waals surface area contributed by atoms with E-state index in [1.807, 2.05) is 0 Å². The van der Waals surface area contributed by atoms with Crippen molar-refractivity contribution in [1.29, 1.82) is 0 Å². The molecule has 142 valence electrons.